The van der Waals surface area contributed by atoms with Crippen LogP contribution in [-0.4, -0.2) is 51.8 Å². The zero-order valence-corrected chi connectivity index (χ0v) is 15.0. The minimum Gasteiger partial charge on any atom is -0.336 e. The van der Waals surface area contributed by atoms with Gasteiger partial charge < -0.3 is 10.2 Å². The number of hydrogen-bond acceptors (Lipinski definition) is 3. The standard InChI is InChI=1S/C18H29N3O3/c1-12-7-4-5-10-18(12)16(23)20(17(24)19-18)11-15(22)21-13(2)8-6-9-14(21)3/h12-14H,4-11H2,1-3H3,(H,19,24)/t12-,13+,14+,18+/m0/s1. The third-order valence-electron chi connectivity index (χ3n) is 6.28. The van der Waals surface area contributed by atoms with E-state index < -0.39 is 11.6 Å². The van der Waals surface area contributed by atoms with Crippen molar-refractivity contribution in [3.05, 3.63) is 0 Å². The number of rotatable bonds is 2. The number of likely N-dealkylation sites (tertiary alicyclic amines) is 1. The highest BCUT2D eigenvalue weighted by Gasteiger charge is 2.55. The van der Waals surface area contributed by atoms with Gasteiger partial charge in [0, 0.05) is 12.1 Å². The van der Waals surface area contributed by atoms with Crippen LogP contribution in [0.15, 0.2) is 0 Å². The molecule has 2 heterocycles. The average molecular weight is 335 g/mol. The van der Waals surface area contributed by atoms with Gasteiger partial charge in [-0.2, -0.15) is 0 Å². The first-order valence-corrected chi connectivity index (χ1v) is 9.32. The Balaban J connectivity index is 1.74. The minimum atomic E-state index is -0.783. The van der Waals surface area contributed by atoms with Crippen LogP contribution in [0.1, 0.15) is 65.7 Å². The van der Waals surface area contributed by atoms with E-state index in [0.29, 0.717) is 6.42 Å². The second-order valence-electron chi connectivity index (χ2n) is 7.87. The third kappa shape index (κ3) is 2.70. The van der Waals surface area contributed by atoms with E-state index in [1.807, 2.05) is 25.7 Å². The van der Waals surface area contributed by atoms with E-state index in [9.17, 15) is 14.4 Å². The molecule has 6 heteroatoms. The quantitative estimate of drug-likeness (QED) is 0.787. The largest absolute Gasteiger partial charge is 0.336 e. The predicted octanol–water partition coefficient (Wildman–Crippen LogP) is 2.28. The number of piperidine rings is 1. The fourth-order valence-corrected chi connectivity index (χ4v) is 4.77. The first-order chi connectivity index (χ1) is 11.4. The van der Waals surface area contributed by atoms with Crippen molar-refractivity contribution in [2.45, 2.75) is 83.3 Å². The van der Waals surface area contributed by atoms with Gasteiger partial charge in [0.1, 0.15) is 12.1 Å². The van der Waals surface area contributed by atoms with Crippen molar-refractivity contribution >= 4 is 17.8 Å². The van der Waals surface area contributed by atoms with Crippen molar-refractivity contribution in [1.29, 1.82) is 0 Å². The molecule has 3 rings (SSSR count). The van der Waals surface area contributed by atoms with Gasteiger partial charge in [0.15, 0.2) is 0 Å². The molecule has 1 spiro atoms. The summed E-state index contributed by atoms with van der Waals surface area (Å²) in [5.74, 6) is -0.195. The Kier molecular flexibility index (Phi) is 4.58. The first kappa shape index (κ1) is 17.2. The number of imide groups is 1. The highest BCUT2D eigenvalue weighted by Crippen LogP contribution is 2.38. The Bertz CT molecular complexity index is 540. The molecule has 6 nitrogen and oxygen atoms in total. The molecule has 0 unspecified atom stereocenters. The normalized spacial score (nSPS) is 37.0. The number of carbonyl (C=O) groups excluding carboxylic acids is 3. The van der Waals surface area contributed by atoms with Gasteiger partial charge in [-0.1, -0.05) is 19.8 Å². The Hall–Kier alpha value is -1.59. The molecule has 0 aromatic carbocycles. The predicted molar refractivity (Wildman–Crippen MR) is 90.2 cm³/mol. The van der Waals surface area contributed by atoms with Gasteiger partial charge in [-0.25, -0.2) is 4.79 Å². The summed E-state index contributed by atoms with van der Waals surface area (Å²) >= 11 is 0. The molecular formula is C18H29N3O3. The van der Waals surface area contributed by atoms with Crippen molar-refractivity contribution in [3.63, 3.8) is 0 Å². The average Bonchev–Trinajstić information content (AvgIpc) is 2.75. The van der Waals surface area contributed by atoms with E-state index in [4.69, 9.17) is 0 Å². The fraction of sp³-hybridized carbons (Fsp3) is 0.833. The Morgan fingerprint density at radius 2 is 1.75 bits per heavy atom. The summed E-state index contributed by atoms with van der Waals surface area (Å²) in [7, 11) is 0. The van der Waals surface area contributed by atoms with E-state index in [2.05, 4.69) is 5.32 Å². The second-order valence-corrected chi connectivity index (χ2v) is 7.87. The molecule has 0 bridgehead atoms. The lowest BCUT2D eigenvalue weighted by molar-refractivity contribution is -0.143. The first-order valence-electron chi connectivity index (χ1n) is 9.32. The molecule has 3 aliphatic rings. The van der Waals surface area contributed by atoms with Crippen LogP contribution in [-0.2, 0) is 9.59 Å². The highest BCUT2D eigenvalue weighted by atomic mass is 16.2. The Labute approximate surface area is 143 Å². The van der Waals surface area contributed by atoms with Crippen LogP contribution in [0.3, 0.4) is 0 Å². The number of amides is 4. The van der Waals surface area contributed by atoms with Crippen molar-refractivity contribution in [3.8, 4) is 0 Å². The summed E-state index contributed by atoms with van der Waals surface area (Å²) in [5, 5.41) is 2.92. The second kappa shape index (κ2) is 6.37. The van der Waals surface area contributed by atoms with Gasteiger partial charge in [-0.05, 0) is 51.9 Å². The van der Waals surface area contributed by atoms with Crippen LogP contribution in [0.4, 0.5) is 4.79 Å². The number of nitrogens with zero attached hydrogens (tertiary/aromatic N) is 2. The third-order valence-corrected chi connectivity index (χ3v) is 6.28. The summed E-state index contributed by atoms with van der Waals surface area (Å²) < 4.78 is 0. The zero-order valence-electron chi connectivity index (χ0n) is 15.0. The molecule has 0 aromatic heterocycles. The molecule has 134 valence electrons. The molecule has 3 fully saturated rings. The highest BCUT2D eigenvalue weighted by molar-refractivity contribution is 6.09. The van der Waals surface area contributed by atoms with Crippen LogP contribution in [0.5, 0.6) is 0 Å². The lowest BCUT2D eigenvalue weighted by Gasteiger charge is -2.40. The summed E-state index contributed by atoms with van der Waals surface area (Å²) in [6, 6.07) is -0.0615. The molecule has 2 saturated heterocycles. The summed E-state index contributed by atoms with van der Waals surface area (Å²) in [6.07, 6.45) is 6.74. The van der Waals surface area contributed by atoms with Crippen molar-refractivity contribution in [1.82, 2.24) is 15.1 Å². The van der Waals surface area contributed by atoms with E-state index in [0.717, 1.165) is 43.4 Å². The number of hydrogen-bond donors (Lipinski definition) is 1. The topological polar surface area (TPSA) is 69.7 Å². The van der Waals surface area contributed by atoms with E-state index >= 15 is 0 Å². The lowest BCUT2D eigenvalue weighted by Crippen LogP contribution is -2.55. The van der Waals surface area contributed by atoms with Crippen molar-refractivity contribution in [2.24, 2.45) is 5.92 Å². The van der Waals surface area contributed by atoms with Gasteiger partial charge in [0.2, 0.25) is 5.91 Å². The van der Waals surface area contributed by atoms with Gasteiger partial charge in [0.05, 0.1) is 0 Å². The molecule has 1 aliphatic carbocycles. The Morgan fingerprint density at radius 3 is 2.38 bits per heavy atom. The van der Waals surface area contributed by atoms with E-state index in [1.54, 1.807) is 0 Å². The fourth-order valence-electron chi connectivity index (χ4n) is 4.77. The van der Waals surface area contributed by atoms with Gasteiger partial charge >= 0.3 is 6.03 Å². The van der Waals surface area contributed by atoms with Crippen LogP contribution in [0.2, 0.25) is 0 Å². The maximum atomic E-state index is 13.0. The molecule has 1 saturated carbocycles. The molecule has 4 amide bonds. The molecule has 0 aromatic rings. The molecule has 0 radical (unpaired) electrons. The lowest BCUT2D eigenvalue weighted by atomic mass is 9.73. The van der Waals surface area contributed by atoms with E-state index in [-0.39, 0.29) is 36.4 Å². The molecule has 1 N–H and O–H groups in total. The molecule has 2 aliphatic heterocycles. The van der Waals surface area contributed by atoms with E-state index in [1.165, 1.54) is 0 Å². The van der Waals surface area contributed by atoms with Gasteiger partial charge in [-0.3, -0.25) is 14.5 Å². The van der Waals surface area contributed by atoms with Crippen molar-refractivity contribution in [2.75, 3.05) is 6.54 Å². The summed E-state index contributed by atoms with van der Waals surface area (Å²) in [6.45, 7) is 5.99. The van der Waals surface area contributed by atoms with Crippen LogP contribution >= 0.6 is 0 Å². The smallest absolute Gasteiger partial charge is 0.325 e. The zero-order chi connectivity index (χ0) is 17.5. The minimum absolute atomic E-state index is 0.112. The summed E-state index contributed by atoms with van der Waals surface area (Å²) in [4.78, 5) is 41.1. The monoisotopic (exact) mass is 335 g/mol. The molecule has 24 heavy (non-hydrogen) atoms. The maximum Gasteiger partial charge on any atom is 0.325 e. The Morgan fingerprint density at radius 1 is 1.08 bits per heavy atom. The molecule has 4 atom stereocenters. The number of nitrogens with one attached hydrogen (secondary N) is 1. The van der Waals surface area contributed by atoms with Crippen LogP contribution < -0.4 is 5.32 Å². The number of carbonyl (C=O) groups is 3. The maximum absolute atomic E-state index is 13.0. The number of urea groups is 1. The van der Waals surface area contributed by atoms with Gasteiger partial charge in [-0.15, -0.1) is 0 Å². The summed E-state index contributed by atoms with van der Waals surface area (Å²) in [5.41, 5.74) is -0.783. The van der Waals surface area contributed by atoms with Gasteiger partial charge in [0.25, 0.3) is 5.91 Å². The van der Waals surface area contributed by atoms with Crippen molar-refractivity contribution < 1.29 is 14.4 Å². The van der Waals surface area contributed by atoms with Crippen LogP contribution in [0.25, 0.3) is 0 Å². The van der Waals surface area contributed by atoms with Crippen LogP contribution in [0, 0.1) is 5.92 Å². The SMILES string of the molecule is C[C@@H]1CCC[C@@H](C)N1C(=O)CN1C(=O)N[C@@]2(CCCC[C@@H]2C)C1=O. The molecular weight excluding hydrogens is 306 g/mol.